The Labute approximate surface area is 53.3 Å². The topological polar surface area (TPSA) is 34.9 Å². The number of carbonyl (C=O) groups excluding carboxylic acids is 1. The quantitative estimate of drug-likeness (QED) is 0.542. The van der Waals surface area contributed by atoms with E-state index in [1.165, 1.54) is 4.68 Å². The molecule has 3 nitrogen and oxygen atoms in total. The molecule has 0 aliphatic heterocycles. The first kappa shape index (κ1) is 6.01. The van der Waals surface area contributed by atoms with Crippen LogP contribution in [0, 0.1) is 13.8 Å². The second-order valence-corrected chi connectivity index (χ2v) is 1.93. The van der Waals surface area contributed by atoms with Crippen LogP contribution in [-0.4, -0.2) is 16.2 Å². The summed E-state index contributed by atoms with van der Waals surface area (Å²) in [4.78, 5) is 10.0. The van der Waals surface area contributed by atoms with Gasteiger partial charge in [0.2, 0.25) is 0 Å². The van der Waals surface area contributed by atoms with Crippen LogP contribution in [0.5, 0.6) is 0 Å². The molecule has 9 heavy (non-hydrogen) atoms. The molecule has 1 rings (SSSR count). The van der Waals surface area contributed by atoms with Gasteiger partial charge in [0.15, 0.2) is 0 Å². The zero-order valence-electron chi connectivity index (χ0n) is 5.38. The van der Waals surface area contributed by atoms with Gasteiger partial charge in [-0.3, -0.25) is 4.79 Å². The van der Waals surface area contributed by atoms with Crippen molar-refractivity contribution in [3.05, 3.63) is 17.5 Å². The zero-order valence-corrected chi connectivity index (χ0v) is 5.38. The number of nitrogens with zero attached hydrogens (tertiary/aromatic N) is 2. The Morgan fingerprint density at radius 1 is 1.67 bits per heavy atom. The van der Waals surface area contributed by atoms with Gasteiger partial charge < -0.3 is 0 Å². The molecule has 0 atom stereocenters. The van der Waals surface area contributed by atoms with Gasteiger partial charge in [-0.25, -0.2) is 0 Å². The smallest absolute Gasteiger partial charge is 0.261 e. The third-order valence-corrected chi connectivity index (χ3v) is 1.10. The van der Waals surface area contributed by atoms with Gasteiger partial charge in [0.05, 0.1) is 5.69 Å². The molecule has 0 spiro atoms. The molecule has 3 heteroatoms. The molecule has 0 aromatic carbocycles. The predicted molar refractivity (Wildman–Crippen MR) is 32.8 cm³/mol. The van der Waals surface area contributed by atoms with E-state index in [2.05, 4.69) is 5.10 Å². The largest absolute Gasteiger partial charge is 0.338 e. The maximum atomic E-state index is 10.0. The Morgan fingerprint density at radius 2 is 2.33 bits per heavy atom. The molecule has 0 aliphatic carbocycles. The molecule has 0 saturated carbocycles. The van der Waals surface area contributed by atoms with Gasteiger partial charge in [0, 0.05) is 5.69 Å². The number of aryl methyl sites for hydroxylation is 2. The number of hydrogen-bond donors (Lipinski definition) is 0. The third-order valence-electron chi connectivity index (χ3n) is 1.10. The molecule has 0 N–H and O–H groups in total. The van der Waals surface area contributed by atoms with Crippen molar-refractivity contribution in [2.75, 3.05) is 0 Å². The van der Waals surface area contributed by atoms with Crippen LogP contribution < -0.4 is 0 Å². The number of aromatic nitrogens is 2. The minimum atomic E-state index is 0.822. The van der Waals surface area contributed by atoms with E-state index >= 15 is 0 Å². The van der Waals surface area contributed by atoms with Gasteiger partial charge in [-0.15, -0.1) is 0 Å². The fourth-order valence-electron chi connectivity index (χ4n) is 0.721. The van der Waals surface area contributed by atoms with E-state index in [0.717, 1.165) is 11.4 Å². The van der Waals surface area contributed by atoms with Gasteiger partial charge in [0.1, 0.15) is 0 Å². The number of rotatable bonds is 1. The highest BCUT2D eigenvalue weighted by Gasteiger charge is 1.96. The molecule has 0 bridgehead atoms. The Kier molecular flexibility index (Phi) is 1.34. The van der Waals surface area contributed by atoms with Crippen LogP contribution in [0.25, 0.3) is 0 Å². The van der Waals surface area contributed by atoms with Gasteiger partial charge in [-0.05, 0) is 19.9 Å². The van der Waals surface area contributed by atoms with Crippen LogP contribution >= 0.6 is 0 Å². The van der Waals surface area contributed by atoms with Crippen LogP contribution in [0.4, 0.5) is 0 Å². The van der Waals surface area contributed by atoms with Gasteiger partial charge >= 0.3 is 6.41 Å². The predicted octanol–water partition coefficient (Wildman–Crippen LogP) is 0.415. The van der Waals surface area contributed by atoms with Crippen molar-refractivity contribution in [1.29, 1.82) is 0 Å². The standard InChI is InChI=1S/C6H7N2O/c1-5-3-6(2)8(4-9)7-5/h3H,1-2H3. The summed E-state index contributed by atoms with van der Waals surface area (Å²) in [6, 6.07) is 1.82. The van der Waals surface area contributed by atoms with E-state index in [4.69, 9.17) is 0 Å². The van der Waals surface area contributed by atoms with Gasteiger partial charge in [-0.2, -0.15) is 9.78 Å². The van der Waals surface area contributed by atoms with E-state index in [0.29, 0.717) is 0 Å². The summed E-state index contributed by atoms with van der Waals surface area (Å²) >= 11 is 0. The lowest BCUT2D eigenvalue weighted by Gasteiger charge is -1.84. The molecular weight excluding hydrogens is 116 g/mol. The molecule has 0 aliphatic rings. The molecule has 0 unspecified atom stereocenters. The van der Waals surface area contributed by atoms with Crippen LogP contribution in [0.1, 0.15) is 11.4 Å². The minimum absolute atomic E-state index is 0.822. The Balaban J connectivity index is 3.15. The van der Waals surface area contributed by atoms with Crippen molar-refractivity contribution in [1.82, 2.24) is 9.78 Å². The number of hydrogen-bond acceptors (Lipinski definition) is 2. The molecule has 1 aromatic rings. The van der Waals surface area contributed by atoms with Crippen molar-refractivity contribution in [3.63, 3.8) is 0 Å². The fraction of sp³-hybridized carbons (Fsp3) is 0.333. The van der Waals surface area contributed by atoms with Crippen molar-refractivity contribution >= 4 is 6.41 Å². The second-order valence-electron chi connectivity index (χ2n) is 1.93. The summed E-state index contributed by atoms with van der Waals surface area (Å²) < 4.78 is 1.19. The lowest BCUT2D eigenvalue weighted by Crippen LogP contribution is -1.98. The first-order valence-corrected chi connectivity index (χ1v) is 2.65. The summed E-state index contributed by atoms with van der Waals surface area (Å²) in [7, 11) is 0. The Morgan fingerprint density at radius 3 is 2.56 bits per heavy atom. The van der Waals surface area contributed by atoms with Crippen LogP contribution in [0.3, 0.4) is 0 Å². The molecule has 1 heterocycles. The molecule has 0 fully saturated rings. The first-order chi connectivity index (χ1) is 4.24. The maximum absolute atomic E-state index is 10.0. The lowest BCUT2D eigenvalue weighted by atomic mass is 10.4. The minimum Gasteiger partial charge on any atom is -0.261 e. The molecular formula is C6H7N2O. The van der Waals surface area contributed by atoms with Crippen molar-refractivity contribution in [3.8, 4) is 0 Å². The summed E-state index contributed by atoms with van der Waals surface area (Å²) in [5.74, 6) is 0. The van der Waals surface area contributed by atoms with Crippen LogP contribution in [0.2, 0.25) is 0 Å². The summed E-state index contributed by atoms with van der Waals surface area (Å²) in [5.41, 5.74) is 1.67. The zero-order chi connectivity index (χ0) is 6.85. The van der Waals surface area contributed by atoms with E-state index in [9.17, 15) is 4.79 Å². The van der Waals surface area contributed by atoms with E-state index in [1.807, 2.05) is 19.9 Å². The highest BCUT2D eigenvalue weighted by molar-refractivity contribution is 5.51. The van der Waals surface area contributed by atoms with Crippen molar-refractivity contribution < 1.29 is 4.79 Å². The molecule has 47 valence electrons. The Bertz CT molecular complexity index is 227. The normalized spacial score (nSPS) is 9.56. The highest BCUT2D eigenvalue weighted by atomic mass is 16.1. The summed E-state index contributed by atoms with van der Waals surface area (Å²) in [6.45, 7) is 3.64. The van der Waals surface area contributed by atoms with Crippen LogP contribution in [-0.2, 0) is 4.79 Å². The second kappa shape index (κ2) is 2.01. The molecule has 0 saturated heterocycles. The third kappa shape index (κ3) is 0.988. The van der Waals surface area contributed by atoms with Crippen molar-refractivity contribution in [2.45, 2.75) is 13.8 Å². The van der Waals surface area contributed by atoms with Crippen molar-refractivity contribution in [2.24, 2.45) is 0 Å². The average Bonchev–Trinajstić information content (AvgIpc) is 2.10. The van der Waals surface area contributed by atoms with Gasteiger partial charge in [-0.1, -0.05) is 0 Å². The lowest BCUT2D eigenvalue weighted by molar-refractivity contribution is 0.538. The molecule has 1 radical (unpaired) electrons. The highest BCUT2D eigenvalue weighted by Crippen LogP contribution is 1.97. The van der Waals surface area contributed by atoms with E-state index < -0.39 is 0 Å². The van der Waals surface area contributed by atoms with E-state index in [1.54, 1.807) is 6.41 Å². The molecule has 1 aromatic heterocycles. The maximum Gasteiger partial charge on any atom is 0.338 e. The van der Waals surface area contributed by atoms with E-state index in [-0.39, 0.29) is 0 Å². The fourth-order valence-corrected chi connectivity index (χ4v) is 0.721. The van der Waals surface area contributed by atoms with Crippen LogP contribution in [0.15, 0.2) is 6.07 Å². The van der Waals surface area contributed by atoms with Gasteiger partial charge in [0.25, 0.3) is 0 Å². The average molecular weight is 123 g/mol. The summed E-state index contributed by atoms with van der Waals surface area (Å²) in [5, 5.41) is 3.82. The first-order valence-electron chi connectivity index (χ1n) is 2.65. The molecule has 0 amide bonds. The SMILES string of the molecule is Cc1cc(C)n([C]=O)n1. The monoisotopic (exact) mass is 123 g/mol. The summed E-state index contributed by atoms with van der Waals surface area (Å²) in [6.07, 6.45) is 1.67. The Hall–Kier alpha value is -1.12.